The third-order valence-corrected chi connectivity index (χ3v) is 10.0. The molecule has 3 heteroatoms. The Kier molecular flexibility index (Phi) is 4.84. The maximum Gasteiger partial charge on any atom is 0.0973 e. The van der Waals surface area contributed by atoms with Crippen LogP contribution in [-0.2, 0) is 0 Å². The topological polar surface area (TPSA) is 30.7 Å². The summed E-state index contributed by atoms with van der Waals surface area (Å²) < 4.78 is 2.45. The lowest BCUT2D eigenvalue weighted by atomic mass is 9.90. The summed E-state index contributed by atoms with van der Waals surface area (Å²) in [6.07, 6.45) is 0. The van der Waals surface area contributed by atoms with Crippen molar-refractivity contribution in [1.82, 2.24) is 14.5 Å². The van der Waals surface area contributed by atoms with Crippen LogP contribution in [0.5, 0.6) is 0 Å². The van der Waals surface area contributed by atoms with E-state index in [4.69, 9.17) is 9.97 Å². The highest BCUT2D eigenvalue weighted by Gasteiger charge is 2.31. The predicted molar refractivity (Wildman–Crippen MR) is 195 cm³/mol. The van der Waals surface area contributed by atoms with E-state index in [-0.39, 0.29) is 0 Å². The van der Waals surface area contributed by atoms with Crippen molar-refractivity contribution in [1.29, 1.82) is 0 Å². The largest absolute Gasteiger partial charge is 0.309 e. The van der Waals surface area contributed by atoms with Gasteiger partial charge < -0.3 is 4.57 Å². The molecule has 0 atom stereocenters. The summed E-state index contributed by atoms with van der Waals surface area (Å²) in [5, 5.41) is 9.22. The molecule has 2 heterocycles. The highest BCUT2D eigenvalue weighted by Crippen LogP contribution is 2.55. The third-order valence-electron chi connectivity index (χ3n) is 10.0. The first-order chi connectivity index (χ1) is 23.3. The monoisotopic (exact) mass is 595 g/mol. The molecular weight excluding hydrogens is 571 g/mol. The van der Waals surface area contributed by atoms with Gasteiger partial charge in [0.2, 0.25) is 0 Å². The van der Waals surface area contributed by atoms with Crippen molar-refractivity contribution in [2.24, 2.45) is 0 Å². The first-order valence-electron chi connectivity index (χ1n) is 16.1. The molecule has 0 unspecified atom stereocenters. The molecular formula is C44H25N3. The molecule has 0 N–H and O–H groups in total. The second-order valence-corrected chi connectivity index (χ2v) is 12.6. The van der Waals surface area contributed by atoms with E-state index in [1.165, 1.54) is 65.6 Å². The summed E-state index contributed by atoms with van der Waals surface area (Å²) in [7, 11) is 0. The maximum atomic E-state index is 5.33. The molecule has 0 saturated carbocycles. The smallest absolute Gasteiger partial charge is 0.0973 e. The van der Waals surface area contributed by atoms with E-state index in [2.05, 4.69) is 144 Å². The van der Waals surface area contributed by atoms with Crippen molar-refractivity contribution in [3.8, 4) is 50.6 Å². The van der Waals surface area contributed by atoms with Gasteiger partial charge in [-0.2, -0.15) is 0 Å². The van der Waals surface area contributed by atoms with Crippen molar-refractivity contribution >= 4 is 54.3 Å². The molecule has 216 valence electrons. The SMILES string of the molecule is c1ccc(-c2nc3ccc(-n4c5c(c6ccccc64)-c4cc6cccc7ccc8ccc-5c4c8c76)cc3nc2-c2ccccc2)cc1. The Hall–Kier alpha value is -6.32. The second-order valence-electron chi connectivity index (χ2n) is 12.6. The van der Waals surface area contributed by atoms with Crippen molar-refractivity contribution in [2.45, 2.75) is 0 Å². The van der Waals surface area contributed by atoms with Crippen molar-refractivity contribution in [3.63, 3.8) is 0 Å². The molecule has 10 aromatic rings. The average molecular weight is 596 g/mol. The number of nitrogens with zero attached hydrogens (tertiary/aromatic N) is 3. The first kappa shape index (κ1) is 24.9. The molecule has 11 rings (SSSR count). The fraction of sp³-hybridized carbons (Fsp3) is 0. The van der Waals surface area contributed by atoms with Gasteiger partial charge in [0.05, 0.1) is 33.6 Å². The van der Waals surface area contributed by atoms with Crippen molar-refractivity contribution in [3.05, 3.63) is 152 Å². The lowest BCUT2D eigenvalue weighted by Gasteiger charge is -2.15. The van der Waals surface area contributed by atoms with E-state index in [1.807, 2.05) is 12.1 Å². The van der Waals surface area contributed by atoms with Crippen LogP contribution in [0.15, 0.2) is 152 Å². The van der Waals surface area contributed by atoms with Gasteiger partial charge in [0.1, 0.15) is 0 Å². The Bertz CT molecular complexity index is 2880. The van der Waals surface area contributed by atoms with Crippen LogP contribution in [0.4, 0.5) is 0 Å². The zero-order valence-electron chi connectivity index (χ0n) is 25.3. The number of hydrogen-bond donors (Lipinski definition) is 0. The highest BCUT2D eigenvalue weighted by molar-refractivity contribution is 6.33. The van der Waals surface area contributed by atoms with Gasteiger partial charge in [0.25, 0.3) is 0 Å². The normalized spacial score (nSPS) is 12.3. The van der Waals surface area contributed by atoms with Gasteiger partial charge in [-0.05, 0) is 62.8 Å². The van der Waals surface area contributed by atoms with E-state index in [1.54, 1.807) is 0 Å². The predicted octanol–water partition coefficient (Wildman–Crippen LogP) is 11.5. The molecule has 0 saturated heterocycles. The lowest BCUT2D eigenvalue weighted by Crippen LogP contribution is -1.99. The van der Waals surface area contributed by atoms with E-state index >= 15 is 0 Å². The minimum Gasteiger partial charge on any atom is -0.309 e. The fourth-order valence-corrected chi connectivity index (χ4v) is 8.06. The molecule has 3 nitrogen and oxygen atoms in total. The second kappa shape index (κ2) is 9.12. The fourth-order valence-electron chi connectivity index (χ4n) is 8.06. The van der Waals surface area contributed by atoms with Gasteiger partial charge >= 0.3 is 0 Å². The third kappa shape index (κ3) is 3.35. The van der Waals surface area contributed by atoms with Gasteiger partial charge in [-0.3, -0.25) is 0 Å². The summed E-state index contributed by atoms with van der Waals surface area (Å²) >= 11 is 0. The maximum absolute atomic E-state index is 5.33. The Morgan fingerprint density at radius 3 is 1.87 bits per heavy atom. The minimum absolute atomic E-state index is 0.874. The van der Waals surface area contributed by atoms with Gasteiger partial charge in [-0.25, -0.2) is 9.97 Å². The molecule has 1 aliphatic rings. The average Bonchev–Trinajstić information content (AvgIpc) is 3.65. The highest BCUT2D eigenvalue weighted by atomic mass is 15.0. The minimum atomic E-state index is 0.874. The summed E-state index contributed by atoms with van der Waals surface area (Å²) in [5.74, 6) is 0. The van der Waals surface area contributed by atoms with Crippen LogP contribution < -0.4 is 0 Å². The van der Waals surface area contributed by atoms with Crippen LogP contribution >= 0.6 is 0 Å². The van der Waals surface area contributed by atoms with Crippen LogP contribution in [0.1, 0.15) is 0 Å². The molecule has 1 aliphatic carbocycles. The molecule has 0 amide bonds. The van der Waals surface area contributed by atoms with Crippen molar-refractivity contribution in [2.75, 3.05) is 0 Å². The van der Waals surface area contributed by atoms with Gasteiger partial charge in [0.15, 0.2) is 0 Å². The van der Waals surface area contributed by atoms with Crippen LogP contribution in [0.3, 0.4) is 0 Å². The summed E-state index contributed by atoms with van der Waals surface area (Å²) in [4.78, 5) is 10.5. The number of fused-ring (bicyclic) bond motifs is 6. The first-order valence-corrected chi connectivity index (χ1v) is 16.1. The van der Waals surface area contributed by atoms with E-state index in [0.29, 0.717) is 0 Å². The number of benzene rings is 8. The lowest BCUT2D eigenvalue weighted by molar-refractivity contribution is 1.14. The summed E-state index contributed by atoms with van der Waals surface area (Å²) in [6, 6.07) is 54.4. The van der Waals surface area contributed by atoms with Crippen LogP contribution in [0, 0.1) is 0 Å². The Morgan fingerprint density at radius 1 is 0.426 bits per heavy atom. The Morgan fingerprint density at radius 2 is 1.09 bits per heavy atom. The zero-order chi connectivity index (χ0) is 30.6. The quantitative estimate of drug-likeness (QED) is 0.190. The summed E-state index contributed by atoms with van der Waals surface area (Å²) in [6.45, 7) is 0. The van der Waals surface area contributed by atoms with Gasteiger partial charge in [-0.15, -0.1) is 0 Å². The molecule has 0 bridgehead atoms. The van der Waals surface area contributed by atoms with E-state index in [0.717, 1.165) is 39.2 Å². The number of hydrogen-bond acceptors (Lipinski definition) is 2. The summed E-state index contributed by atoms with van der Waals surface area (Å²) in [5.41, 5.74) is 13.1. The van der Waals surface area contributed by atoms with Crippen molar-refractivity contribution < 1.29 is 0 Å². The van der Waals surface area contributed by atoms with E-state index in [9.17, 15) is 0 Å². The number of rotatable bonds is 3. The van der Waals surface area contributed by atoms with Crippen LogP contribution in [0.2, 0.25) is 0 Å². The zero-order valence-corrected chi connectivity index (χ0v) is 25.3. The molecule has 2 aromatic heterocycles. The molecule has 0 aliphatic heterocycles. The molecule has 0 fully saturated rings. The van der Waals surface area contributed by atoms with E-state index < -0.39 is 0 Å². The Labute approximate surface area is 270 Å². The number of aromatic nitrogens is 3. The number of para-hydroxylation sites is 1. The van der Waals surface area contributed by atoms with Gasteiger partial charge in [-0.1, -0.05) is 121 Å². The molecule has 47 heavy (non-hydrogen) atoms. The molecule has 8 aromatic carbocycles. The molecule has 0 spiro atoms. The standard InChI is InChI=1S/C44H25N3/c1-3-10-28(11-4-1)42-43(29-12-5-2-6-13-29)46-36-25-31(21-23-35(36)45-42)47-37-17-8-7-16-32(37)41-34-24-30-15-9-14-26-18-19-27-20-22-33(44(41)47)40(34)39(27)38(26)30/h1-25H. The van der Waals surface area contributed by atoms with Crippen LogP contribution in [-0.4, -0.2) is 14.5 Å². The molecule has 0 radical (unpaired) electrons. The van der Waals surface area contributed by atoms with Gasteiger partial charge in [0, 0.05) is 38.7 Å². The Balaban J connectivity index is 1.21. The van der Waals surface area contributed by atoms with Crippen LogP contribution in [0.25, 0.3) is 105 Å².